The van der Waals surface area contributed by atoms with Crippen molar-refractivity contribution in [3.05, 3.63) is 6.20 Å². The summed E-state index contributed by atoms with van der Waals surface area (Å²) in [6.45, 7) is 1.55. The van der Waals surface area contributed by atoms with Gasteiger partial charge in [-0.05, 0) is 12.8 Å². The lowest BCUT2D eigenvalue weighted by atomic mass is 10.1. The fourth-order valence-electron chi connectivity index (χ4n) is 2.16. The number of piperidine rings is 1. The summed E-state index contributed by atoms with van der Waals surface area (Å²) in [5.41, 5.74) is 6.32. The van der Waals surface area contributed by atoms with E-state index in [2.05, 4.69) is 25.1 Å². The molecule has 2 aromatic rings. The Morgan fingerprint density at radius 3 is 2.88 bits per heavy atom. The number of hydrogen-bond donors (Lipinski definition) is 3. The number of nitrogens with one attached hydrogen (secondary N) is 1. The van der Waals surface area contributed by atoms with Gasteiger partial charge in [0.25, 0.3) is 0 Å². The summed E-state index contributed by atoms with van der Waals surface area (Å²) in [5.74, 6) is 1.04. The Labute approximate surface area is 97.7 Å². The second kappa shape index (κ2) is 3.85. The van der Waals surface area contributed by atoms with Crippen molar-refractivity contribution >= 4 is 22.8 Å². The molecule has 0 radical (unpaired) electrons. The quantitative estimate of drug-likeness (QED) is 0.636. The van der Waals surface area contributed by atoms with Crippen molar-refractivity contribution in [2.24, 2.45) is 0 Å². The van der Waals surface area contributed by atoms with Crippen LogP contribution in [0.4, 0.5) is 11.8 Å². The Balaban J connectivity index is 2.01. The van der Waals surface area contributed by atoms with Crippen LogP contribution in [0.3, 0.4) is 0 Å². The van der Waals surface area contributed by atoms with E-state index in [9.17, 15) is 5.11 Å². The van der Waals surface area contributed by atoms with E-state index in [1.807, 2.05) is 0 Å². The zero-order valence-corrected chi connectivity index (χ0v) is 9.30. The van der Waals surface area contributed by atoms with Crippen LogP contribution in [-0.2, 0) is 0 Å². The first kappa shape index (κ1) is 10.3. The molecule has 4 N–H and O–H groups in total. The Bertz CT molecular complexity index is 531. The van der Waals surface area contributed by atoms with Crippen LogP contribution in [0.5, 0.6) is 0 Å². The van der Waals surface area contributed by atoms with Crippen LogP contribution in [0.15, 0.2) is 6.20 Å². The van der Waals surface area contributed by atoms with Crippen LogP contribution in [-0.4, -0.2) is 44.5 Å². The van der Waals surface area contributed by atoms with Gasteiger partial charge >= 0.3 is 0 Å². The maximum absolute atomic E-state index is 9.50. The van der Waals surface area contributed by atoms with Crippen LogP contribution in [0.2, 0.25) is 0 Å². The minimum Gasteiger partial charge on any atom is -0.393 e. The summed E-state index contributed by atoms with van der Waals surface area (Å²) in [5, 5.41) is 17.1. The first-order valence-electron chi connectivity index (χ1n) is 5.63. The molecule has 3 rings (SSSR count). The fourth-order valence-corrected chi connectivity index (χ4v) is 2.16. The zero-order valence-electron chi connectivity index (χ0n) is 9.30. The average Bonchev–Trinajstić information content (AvgIpc) is 2.77. The number of rotatable bonds is 1. The van der Waals surface area contributed by atoms with Crippen molar-refractivity contribution < 1.29 is 5.11 Å². The normalized spacial score (nSPS) is 17.8. The number of nitrogens with zero attached hydrogens (tertiary/aromatic N) is 4. The largest absolute Gasteiger partial charge is 0.393 e. The Kier molecular flexibility index (Phi) is 2.32. The van der Waals surface area contributed by atoms with E-state index in [1.165, 1.54) is 0 Å². The number of aromatic amines is 1. The van der Waals surface area contributed by atoms with Gasteiger partial charge in [-0.2, -0.15) is 15.1 Å². The van der Waals surface area contributed by atoms with E-state index in [-0.39, 0.29) is 12.1 Å². The highest BCUT2D eigenvalue weighted by Crippen LogP contribution is 2.25. The van der Waals surface area contributed by atoms with Crippen molar-refractivity contribution in [2.75, 3.05) is 23.7 Å². The number of aliphatic hydroxyl groups excluding tert-OH is 1. The van der Waals surface area contributed by atoms with Gasteiger partial charge < -0.3 is 15.7 Å². The summed E-state index contributed by atoms with van der Waals surface area (Å²) >= 11 is 0. The van der Waals surface area contributed by atoms with Crippen LogP contribution >= 0.6 is 0 Å². The molecule has 0 aromatic carbocycles. The zero-order chi connectivity index (χ0) is 11.8. The summed E-state index contributed by atoms with van der Waals surface area (Å²) in [7, 11) is 0. The molecule has 1 fully saturated rings. The van der Waals surface area contributed by atoms with Gasteiger partial charge in [-0.1, -0.05) is 0 Å². The van der Waals surface area contributed by atoms with E-state index in [1.54, 1.807) is 6.20 Å². The van der Waals surface area contributed by atoms with E-state index in [4.69, 9.17) is 5.73 Å². The lowest BCUT2D eigenvalue weighted by molar-refractivity contribution is 0.145. The molecule has 1 saturated heterocycles. The van der Waals surface area contributed by atoms with Gasteiger partial charge in [-0.3, -0.25) is 5.10 Å². The van der Waals surface area contributed by atoms with Crippen molar-refractivity contribution in [1.82, 2.24) is 20.2 Å². The number of aromatic nitrogens is 4. The van der Waals surface area contributed by atoms with Crippen molar-refractivity contribution in [1.29, 1.82) is 0 Å². The highest BCUT2D eigenvalue weighted by Gasteiger charge is 2.21. The number of nitrogens with two attached hydrogens (primary N) is 1. The third-order valence-electron chi connectivity index (χ3n) is 3.07. The number of hydrogen-bond acceptors (Lipinski definition) is 6. The molecule has 0 aliphatic carbocycles. The molecule has 1 aliphatic rings. The Morgan fingerprint density at radius 2 is 2.12 bits per heavy atom. The van der Waals surface area contributed by atoms with Gasteiger partial charge in [0.05, 0.1) is 17.7 Å². The highest BCUT2D eigenvalue weighted by atomic mass is 16.3. The van der Waals surface area contributed by atoms with Gasteiger partial charge in [0.15, 0.2) is 5.65 Å². The van der Waals surface area contributed by atoms with Crippen LogP contribution in [0, 0.1) is 0 Å². The molecule has 0 saturated carbocycles. The predicted molar refractivity (Wildman–Crippen MR) is 63.5 cm³/mol. The van der Waals surface area contributed by atoms with Gasteiger partial charge in [0.2, 0.25) is 5.95 Å². The number of H-pyrrole nitrogens is 1. The molecule has 2 aromatic heterocycles. The van der Waals surface area contributed by atoms with E-state index < -0.39 is 0 Å². The van der Waals surface area contributed by atoms with Gasteiger partial charge in [0, 0.05) is 13.1 Å². The second-order valence-electron chi connectivity index (χ2n) is 4.26. The van der Waals surface area contributed by atoms with E-state index in [0.717, 1.165) is 37.1 Å². The molecule has 0 atom stereocenters. The van der Waals surface area contributed by atoms with Gasteiger partial charge in [-0.25, -0.2) is 0 Å². The number of nitrogen functional groups attached to an aromatic ring is 1. The number of aliphatic hydroxyl groups is 1. The molecule has 0 bridgehead atoms. The third-order valence-corrected chi connectivity index (χ3v) is 3.07. The molecule has 7 heteroatoms. The summed E-state index contributed by atoms with van der Waals surface area (Å²) in [6.07, 6.45) is 3.01. The van der Waals surface area contributed by atoms with Crippen LogP contribution in [0.25, 0.3) is 11.0 Å². The molecule has 90 valence electrons. The summed E-state index contributed by atoms with van der Waals surface area (Å²) < 4.78 is 0. The molecule has 1 aliphatic heterocycles. The standard InChI is InChI=1S/C10H14N6O/c11-10-13-8-7(5-12-15-8)9(14-10)16-3-1-6(17)2-4-16/h5-6,17H,1-4H2,(H3,11,12,13,14,15). The summed E-state index contributed by atoms with van der Waals surface area (Å²) in [4.78, 5) is 10.5. The molecule has 17 heavy (non-hydrogen) atoms. The molecule has 7 nitrogen and oxygen atoms in total. The van der Waals surface area contributed by atoms with Crippen molar-refractivity contribution in [3.63, 3.8) is 0 Å². The molecular formula is C10H14N6O. The smallest absolute Gasteiger partial charge is 0.224 e. The predicted octanol–water partition coefficient (Wildman–Crippen LogP) is -0.104. The molecule has 0 amide bonds. The summed E-state index contributed by atoms with van der Waals surface area (Å²) in [6, 6.07) is 0. The number of fused-ring (bicyclic) bond motifs is 1. The van der Waals surface area contributed by atoms with Crippen molar-refractivity contribution in [2.45, 2.75) is 18.9 Å². The molecule has 0 unspecified atom stereocenters. The Hall–Kier alpha value is -1.89. The second-order valence-corrected chi connectivity index (χ2v) is 4.26. The minimum absolute atomic E-state index is 0.203. The van der Waals surface area contributed by atoms with Gasteiger partial charge in [0.1, 0.15) is 5.82 Å². The van der Waals surface area contributed by atoms with Crippen LogP contribution in [0.1, 0.15) is 12.8 Å². The average molecular weight is 234 g/mol. The first-order valence-corrected chi connectivity index (χ1v) is 5.63. The SMILES string of the molecule is Nc1nc(N2CCC(O)CC2)c2cn[nH]c2n1. The molecule has 0 spiro atoms. The molecule has 3 heterocycles. The maximum Gasteiger partial charge on any atom is 0.224 e. The fraction of sp³-hybridized carbons (Fsp3) is 0.500. The topological polar surface area (TPSA) is 104 Å². The minimum atomic E-state index is -0.203. The van der Waals surface area contributed by atoms with Crippen LogP contribution < -0.4 is 10.6 Å². The van der Waals surface area contributed by atoms with E-state index in [0.29, 0.717) is 5.65 Å². The third kappa shape index (κ3) is 1.78. The Morgan fingerprint density at radius 1 is 1.35 bits per heavy atom. The number of anilines is 2. The van der Waals surface area contributed by atoms with E-state index >= 15 is 0 Å². The monoisotopic (exact) mass is 234 g/mol. The maximum atomic E-state index is 9.50. The highest BCUT2D eigenvalue weighted by molar-refractivity contribution is 5.87. The lowest BCUT2D eigenvalue weighted by Crippen LogP contribution is -2.36. The molecular weight excluding hydrogens is 220 g/mol. The van der Waals surface area contributed by atoms with Gasteiger partial charge in [-0.15, -0.1) is 0 Å². The van der Waals surface area contributed by atoms with Crippen molar-refractivity contribution in [3.8, 4) is 0 Å². The lowest BCUT2D eigenvalue weighted by Gasteiger charge is -2.30. The first-order chi connectivity index (χ1) is 8.24.